The number of fused-ring (bicyclic) bond motifs is 7. The van der Waals surface area contributed by atoms with E-state index in [-0.39, 0.29) is 10.8 Å². The van der Waals surface area contributed by atoms with Gasteiger partial charge in [0.1, 0.15) is 11.6 Å². The Bertz CT molecular complexity index is 4080. The van der Waals surface area contributed by atoms with Gasteiger partial charge < -0.3 is 0 Å². The van der Waals surface area contributed by atoms with Crippen molar-refractivity contribution in [1.29, 1.82) is 0 Å². The molecule has 2 aliphatic rings. The molecule has 4 heteroatoms. The normalized spacial score (nSPS) is 13.9. The van der Waals surface area contributed by atoms with E-state index in [0.29, 0.717) is 0 Å². The molecule has 0 bridgehead atoms. The van der Waals surface area contributed by atoms with Gasteiger partial charge in [0.15, 0.2) is 0 Å². The number of benzene rings is 10. The first-order valence-electron chi connectivity index (χ1n) is 24.4. The van der Waals surface area contributed by atoms with E-state index in [1.54, 1.807) is 0 Å². The third-order valence-corrected chi connectivity index (χ3v) is 15.6. The molecule has 0 radical (unpaired) electrons. The zero-order valence-electron chi connectivity index (χ0n) is 39.6. The molecule has 2 heterocycles. The standard InChI is InChI=1S/C66H48N4/c1-65(2)54-21-15-20-50-48(42-28-32-44(33-29-42)64-68-59-23-12-14-25-61(59)70(64)47-18-9-6-10-19-47)36-37-51(62(50)54)53-40-56-52(39-57(53)65)49-35-34-45(38-55(49)66(56,3)4)41-26-30-43(31-27-41)63-67-58-22-11-13-24-60(58)69(63)46-16-7-5-8-17-46/h5-40H,1-4H3. The molecule has 0 atom stereocenters. The zero-order chi connectivity index (χ0) is 46.9. The lowest BCUT2D eigenvalue weighted by Crippen LogP contribution is -2.24. The first-order chi connectivity index (χ1) is 34.2. The van der Waals surface area contributed by atoms with Gasteiger partial charge in [0.2, 0.25) is 0 Å². The van der Waals surface area contributed by atoms with Crippen LogP contribution in [0.5, 0.6) is 0 Å². The highest BCUT2D eigenvalue weighted by Crippen LogP contribution is 2.56. The lowest BCUT2D eigenvalue weighted by atomic mass is 9.66. The van der Waals surface area contributed by atoms with E-state index in [2.05, 4.69) is 255 Å². The van der Waals surface area contributed by atoms with Gasteiger partial charge in [-0.1, -0.05) is 179 Å². The molecule has 10 aromatic carbocycles. The fourth-order valence-electron chi connectivity index (χ4n) is 12.0. The van der Waals surface area contributed by atoms with Crippen molar-refractivity contribution >= 4 is 32.8 Å². The first kappa shape index (κ1) is 40.5. The Morgan fingerprint density at radius 1 is 0.314 bits per heavy atom. The smallest absolute Gasteiger partial charge is 0.145 e. The highest BCUT2D eigenvalue weighted by atomic mass is 15.1. The molecule has 0 unspecified atom stereocenters. The summed E-state index contributed by atoms with van der Waals surface area (Å²) in [5.41, 5.74) is 23.8. The van der Waals surface area contributed by atoms with Crippen LogP contribution in [0.3, 0.4) is 0 Å². The van der Waals surface area contributed by atoms with Gasteiger partial charge in [-0.15, -0.1) is 0 Å². The largest absolute Gasteiger partial charge is 0.292 e. The minimum Gasteiger partial charge on any atom is -0.292 e. The summed E-state index contributed by atoms with van der Waals surface area (Å²) in [7, 11) is 0. The van der Waals surface area contributed by atoms with E-state index in [1.807, 2.05) is 0 Å². The monoisotopic (exact) mass is 896 g/mol. The average Bonchev–Trinajstić information content (AvgIpc) is 4.06. The summed E-state index contributed by atoms with van der Waals surface area (Å²) in [5, 5.41) is 2.64. The summed E-state index contributed by atoms with van der Waals surface area (Å²) in [4.78, 5) is 10.3. The van der Waals surface area contributed by atoms with Gasteiger partial charge in [0.05, 0.1) is 22.1 Å². The van der Waals surface area contributed by atoms with Crippen LogP contribution in [0.25, 0.3) is 111 Å². The summed E-state index contributed by atoms with van der Waals surface area (Å²) >= 11 is 0. The lowest BCUT2D eigenvalue weighted by Gasteiger charge is -2.36. The van der Waals surface area contributed by atoms with Gasteiger partial charge in [-0.25, -0.2) is 9.97 Å². The number of rotatable bonds is 6. The van der Waals surface area contributed by atoms with Gasteiger partial charge in [-0.05, 0) is 144 Å². The second-order valence-electron chi connectivity index (χ2n) is 20.2. The molecule has 0 N–H and O–H groups in total. The Kier molecular flexibility index (Phi) is 8.64. The molecular formula is C66H48N4. The number of imidazole rings is 2. The molecule has 0 amide bonds. The lowest BCUT2D eigenvalue weighted by molar-refractivity contribution is 0.639. The van der Waals surface area contributed by atoms with Crippen LogP contribution >= 0.6 is 0 Å². The van der Waals surface area contributed by atoms with Crippen LogP contribution in [0.1, 0.15) is 49.9 Å². The van der Waals surface area contributed by atoms with Crippen molar-refractivity contribution in [2.75, 3.05) is 0 Å². The molecule has 0 saturated heterocycles. The van der Waals surface area contributed by atoms with Crippen LogP contribution < -0.4 is 0 Å². The van der Waals surface area contributed by atoms with Gasteiger partial charge in [0, 0.05) is 33.3 Å². The SMILES string of the molecule is CC1(C)c2cc(-c3ccc(-c4nc5ccccc5n4-c4ccccc4)cc3)ccc2-c2cc3c(cc21)-c1ccc(-c2ccc(-c4nc5ccccc5n4-c4ccccc4)cc2)c2cccc(c12)C3(C)C. The molecule has 332 valence electrons. The predicted octanol–water partition coefficient (Wildman–Crippen LogP) is 16.8. The van der Waals surface area contributed by atoms with Crippen molar-refractivity contribution < 1.29 is 0 Å². The maximum Gasteiger partial charge on any atom is 0.145 e. The molecule has 0 saturated carbocycles. The van der Waals surface area contributed by atoms with Gasteiger partial charge in [-0.2, -0.15) is 0 Å². The molecule has 0 aliphatic heterocycles. The molecule has 14 rings (SSSR count). The zero-order valence-corrected chi connectivity index (χ0v) is 39.6. The summed E-state index contributed by atoms with van der Waals surface area (Å²) in [6.07, 6.45) is 0. The first-order valence-corrected chi connectivity index (χ1v) is 24.4. The van der Waals surface area contributed by atoms with Crippen LogP contribution in [0.4, 0.5) is 0 Å². The molecule has 0 spiro atoms. The molecule has 2 aliphatic carbocycles. The third-order valence-electron chi connectivity index (χ3n) is 15.6. The molecule has 70 heavy (non-hydrogen) atoms. The van der Waals surface area contributed by atoms with Crippen molar-refractivity contribution in [3.63, 3.8) is 0 Å². The number of nitrogens with zero attached hydrogens (tertiary/aromatic N) is 4. The van der Waals surface area contributed by atoms with Crippen molar-refractivity contribution in [3.05, 3.63) is 241 Å². The van der Waals surface area contributed by atoms with Crippen molar-refractivity contribution in [1.82, 2.24) is 19.1 Å². The summed E-state index contributed by atoms with van der Waals surface area (Å²) < 4.78 is 4.54. The maximum absolute atomic E-state index is 5.15. The fourth-order valence-corrected chi connectivity index (χ4v) is 12.0. The van der Waals surface area contributed by atoms with E-state index < -0.39 is 0 Å². The summed E-state index contributed by atoms with van der Waals surface area (Å²) in [6.45, 7) is 9.64. The minimum absolute atomic E-state index is 0.195. The summed E-state index contributed by atoms with van der Waals surface area (Å²) in [6, 6.07) is 79.7. The molecule has 12 aromatic rings. The van der Waals surface area contributed by atoms with Crippen LogP contribution in [0.15, 0.2) is 218 Å². The van der Waals surface area contributed by atoms with Gasteiger partial charge in [-0.3, -0.25) is 9.13 Å². The van der Waals surface area contributed by atoms with Crippen molar-refractivity contribution in [3.8, 4) is 78.7 Å². The Hall–Kier alpha value is -8.60. The number of para-hydroxylation sites is 6. The highest BCUT2D eigenvalue weighted by Gasteiger charge is 2.41. The number of hydrogen-bond donors (Lipinski definition) is 0. The molecule has 0 fully saturated rings. The quantitative estimate of drug-likeness (QED) is 0.167. The predicted molar refractivity (Wildman–Crippen MR) is 290 cm³/mol. The molecular weight excluding hydrogens is 849 g/mol. The second kappa shape index (κ2) is 14.9. The van der Waals surface area contributed by atoms with Gasteiger partial charge >= 0.3 is 0 Å². The fraction of sp³-hybridized carbons (Fsp3) is 0.0909. The van der Waals surface area contributed by atoms with Crippen LogP contribution in [-0.4, -0.2) is 19.1 Å². The minimum atomic E-state index is -0.217. The Balaban J connectivity index is 0.821. The van der Waals surface area contributed by atoms with Crippen molar-refractivity contribution in [2.45, 2.75) is 38.5 Å². The van der Waals surface area contributed by atoms with Gasteiger partial charge in [0.25, 0.3) is 0 Å². The van der Waals surface area contributed by atoms with E-state index in [4.69, 9.17) is 9.97 Å². The van der Waals surface area contributed by atoms with E-state index in [9.17, 15) is 0 Å². The average molecular weight is 897 g/mol. The molecule has 4 nitrogen and oxygen atoms in total. The maximum atomic E-state index is 5.15. The summed E-state index contributed by atoms with van der Waals surface area (Å²) in [5.74, 6) is 1.88. The highest BCUT2D eigenvalue weighted by molar-refractivity contribution is 6.10. The van der Waals surface area contributed by atoms with Crippen LogP contribution in [0, 0.1) is 0 Å². The van der Waals surface area contributed by atoms with Crippen molar-refractivity contribution in [2.24, 2.45) is 0 Å². The van der Waals surface area contributed by atoms with Crippen LogP contribution in [-0.2, 0) is 10.8 Å². The Morgan fingerprint density at radius 2 is 0.757 bits per heavy atom. The molecule has 2 aromatic heterocycles. The van der Waals surface area contributed by atoms with Crippen LogP contribution in [0.2, 0.25) is 0 Å². The number of aromatic nitrogens is 4. The second-order valence-corrected chi connectivity index (χ2v) is 20.2. The van der Waals surface area contributed by atoms with E-state index in [1.165, 1.54) is 77.5 Å². The Morgan fingerprint density at radius 3 is 1.34 bits per heavy atom. The third kappa shape index (κ3) is 5.89. The number of hydrogen-bond acceptors (Lipinski definition) is 2. The van der Waals surface area contributed by atoms with E-state index in [0.717, 1.165) is 56.2 Å². The van der Waals surface area contributed by atoms with E-state index >= 15 is 0 Å². The Labute approximate surface area is 407 Å². The topological polar surface area (TPSA) is 35.6 Å².